The number of amides is 1. The van der Waals surface area contributed by atoms with E-state index in [0.717, 1.165) is 5.56 Å². The molecule has 0 aliphatic carbocycles. The van der Waals surface area contributed by atoms with Crippen LogP contribution in [-0.2, 0) is 0 Å². The molecule has 0 spiro atoms. The zero-order valence-electron chi connectivity index (χ0n) is 8.86. The third-order valence-corrected chi connectivity index (χ3v) is 1.84. The van der Waals surface area contributed by atoms with Gasteiger partial charge in [-0.3, -0.25) is 0 Å². The summed E-state index contributed by atoms with van der Waals surface area (Å²) >= 11 is 0. The minimum Gasteiger partial charge on any atom is -0.410 e. The van der Waals surface area contributed by atoms with Gasteiger partial charge < -0.3 is 15.2 Å². The fraction of sp³-hybridized carbons (Fsp3) is 0.364. The second kappa shape index (κ2) is 5.36. The molecule has 0 aliphatic heterocycles. The van der Waals surface area contributed by atoms with Crippen LogP contribution in [0.5, 0.6) is 5.75 Å². The zero-order valence-corrected chi connectivity index (χ0v) is 8.86. The van der Waals surface area contributed by atoms with Crippen molar-refractivity contribution in [2.45, 2.75) is 19.9 Å². The molecular weight excluding hydrogens is 194 g/mol. The van der Waals surface area contributed by atoms with E-state index in [-0.39, 0.29) is 12.6 Å². The Labute approximate surface area is 88.9 Å². The van der Waals surface area contributed by atoms with Crippen molar-refractivity contribution < 1.29 is 14.6 Å². The van der Waals surface area contributed by atoms with E-state index in [9.17, 15) is 4.79 Å². The minimum absolute atomic E-state index is 0.108. The largest absolute Gasteiger partial charge is 0.412 e. The Balaban J connectivity index is 2.51. The quantitative estimate of drug-likeness (QED) is 0.792. The van der Waals surface area contributed by atoms with Crippen molar-refractivity contribution in [3.63, 3.8) is 0 Å². The fourth-order valence-electron chi connectivity index (χ4n) is 1.06. The van der Waals surface area contributed by atoms with E-state index < -0.39 is 6.09 Å². The number of carbonyl (C=O) groups excluding carboxylic acids is 1. The first-order valence-corrected chi connectivity index (χ1v) is 4.77. The molecule has 1 unspecified atom stereocenters. The molecule has 0 bridgehead atoms. The maximum atomic E-state index is 11.2. The van der Waals surface area contributed by atoms with Gasteiger partial charge in [0.1, 0.15) is 5.75 Å². The molecule has 0 fully saturated rings. The first kappa shape index (κ1) is 11.5. The van der Waals surface area contributed by atoms with Gasteiger partial charge >= 0.3 is 6.09 Å². The Kier molecular flexibility index (Phi) is 4.12. The van der Waals surface area contributed by atoms with Crippen LogP contribution < -0.4 is 10.1 Å². The Bertz CT molecular complexity index is 338. The highest BCUT2D eigenvalue weighted by Gasteiger charge is 2.07. The number of nitrogens with one attached hydrogen (secondary N) is 1. The number of aryl methyl sites for hydroxylation is 1. The lowest BCUT2D eigenvalue weighted by atomic mass is 10.2. The van der Waals surface area contributed by atoms with E-state index in [2.05, 4.69) is 5.32 Å². The van der Waals surface area contributed by atoms with Crippen molar-refractivity contribution in [3.05, 3.63) is 29.8 Å². The summed E-state index contributed by atoms with van der Waals surface area (Å²) < 4.78 is 5.01. The highest BCUT2D eigenvalue weighted by atomic mass is 16.6. The predicted molar refractivity (Wildman–Crippen MR) is 56.9 cm³/mol. The molecule has 82 valence electrons. The Morgan fingerprint density at radius 2 is 2.33 bits per heavy atom. The van der Waals surface area contributed by atoms with Crippen molar-refractivity contribution in [1.29, 1.82) is 0 Å². The van der Waals surface area contributed by atoms with Crippen LogP contribution in [0.1, 0.15) is 12.5 Å². The maximum absolute atomic E-state index is 11.2. The van der Waals surface area contributed by atoms with Crippen LogP contribution in [0.25, 0.3) is 0 Å². The number of ether oxygens (including phenoxy) is 1. The van der Waals surface area contributed by atoms with Crippen molar-refractivity contribution in [3.8, 4) is 5.75 Å². The summed E-state index contributed by atoms with van der Waals surface area (Å²) in [6.07, 6.45) is -0.554. The lowest BCUT2D eigenvalue weighted by Gasteiger charge is -2.10. The molecule has 15 heavy (non-hydrogen) atoms. The van der Waals surface area contributed by atoms with Crippen LogP contribution in [0.3, 0.4) is 0 Å². The Morgan fingerprint density at radius 1 is 1.60 bits per heavy atom. The lowest BCUT2D eigenvalue weighted by molar-refractivity contribution is 0.186. The average Bonchev–Trinajstić information content (AvgIpc) is 2.17. The van der Waals surface area contributed by atoms with Crippen LogP contribution in [-0.4, -0.2) is 23.8 Å². The zero-order chi connectivity index (χ0) is 11.3. The molecule has 2 N–H and O–H groups in total. The third-order valence-electron chi connectivity index (χ3n) is 1.84. The third kappa shape index (κ3) is 3.99. The smallest absolute Gasteiger partial charge is 0.410 e. The molecule has 1 rings (SSSR count). The van der Waals surface area contributed by atoms with Gasteiger partial charge in [0.25, 0.3) is 0 Å². The number of hydrogen-bond acceptors (Lipinski definition) is 3. The number of aliphatic hydroxyl groups excluding tert-OH is 1. The summed E-state index contributed by atoms with van der Waals surface area (Å²) in [6, 6.07) is 6.90. The van der Waals surface area contributed by atoms with E-state index >= 15 is 0 Å². The van der Waals surface area contributed by atoms with E-state index in [1.807, 2.05) is 19.1 Å². The van der Waals surface area contributed by atoms with E-state index in [1.54, 1.807) is 19.1 Å². The van der Waals surface area contributed by atoms with Crippen molar-refractivity contribution >= 4 is 6.09 Å². The summed E-state index contributed by atoms with van der Waals surface area (Å²) in [4.78, 5) is 11.2. The predicted octanol–water partition coefficient (Wildman–Crippen LogP) is 1.46. The summed E-state index contributed by atoms with van der Waals surface area (Å²) in [7, 11) is 0. The van der Waals surface area contributed by atoms with Gasteiger partial charge in [-0.15, -0.1) is 0 Å². The summed E-state index contributed by atoms with van der Waals surface area (Å²) in [5.41, 5.74) is 1.02. The lowest BCUT2D eigenvalue weighted by Crippen LogP contribution is -2.36. The van der Waals surface area contributed by atoms with Crippen LogP contribution in [0.2, 0.25) is 0 Å². The molecule has 1 aromatic carbocycles. The molecule has 0 saturated heterocycles. The van der Waals surface area contributed by atoms with Gasteiger partial charge in [-0.05, 0) is 31.5 Å². The van der Waals surface area contributed by atoms with Gasteiger partial charge in [0.2, 0.25) is 0 Å². The number of hydrogen-bond donors (Lipinski definition) is 2. The molecule has 0 radical (unpaired) electrons. The van der Waals surface area contributed by atoms with Crippen molar-refractivity contribution in [2.75, 3.05) is 6.61 Å². The average molecular weight is 209 g/mol. The summed E-state index contributed by atoms with van der Waals surface area (Å²) in [5, 5.41) is 11.2. The van der Waals surface area contributed by atoms with Gasteiger partial charge in [0.15, 0.2) is 0 Å². The van der Waals surface area contributed by atoms with Gasteiger partial charge in [-0.1, -0.05) is 12.1 Å². The normalized spacial score (nSPS) is 11.9. The van der Waals surface area contributed by atoms with Crippen LogP contribution in [0.15, 0.2) is 24.3 Å². The second-order valence-electron chi connectivity index (χ2n) is 3.43. The summed E-state index contributed by atoms with van der Waals surface area (Å²) in [6.45, 7) is 3.50. The first-order valence-electron chi connectivity index (χ1n) is 4.77. The highest BCUT2D eigenvalue weighted by molar-refractivity contribution is 5.70. The van der Waals surface area contributed by atoms with E-state index in [4.69, 9.17) is 9.84 Å². The van der Waals surface area contributed by atoms with Crippen LogP contribution in [0.4, 0.5) is 4.79 Å². The molecule has 4 nitrogen and oxygen atoms in total. The van der Waals surface area contributed by atoms with Crippen LogP contribution in [0, 0.1) is 6.92 Å². The Morgan fingerprint density at radius 3 is 2.93 bits per heavy atom. The van der Waals surface area contributed by atoms with Crippen LogP contribution >= 0.6 is 0 Å². The van der Waals surface area contributed by atoms with Gasteiger partial charge in [0.05, 0.1) is 12.6 Å². The molecule has 1 amide bonds. The molecule has 0 heterocycles. The number of carbonyl (C=O) groups is 1. The number of aliphatic hydroxyl groups is 1. The van der Waals surface area contributed by atoms with Crippen molar-refractivity contribution in [1.82, 2.24) is 5.32 Å². The summed E-state index contributed by atoms with van der Waals surface area (Å²) in [5.74, 6) is 0.498. The molecule has 0 aliphatic rings. The topological polar surface area (TPSA) is 58.6 Å². The van der Waals surface area contributed by atoms with Gasteiger partial charge in [-0.25, -0.2) is 4.79 Å². The molecule has 0 aromatic heterocycles. The molecular formula is C11H15NO3. The Hall–Kier alpha value is -1.55. The van der Waals surface area contributed by atoms with Gasteiger partial charge in [0, 0.05) is 0 Å². The molecule has 1 atom stereocenters. The van der Waals surface area contributed by atoms with E-state index in [1.165, 1.54) is 0 Å². The number of benzene rings is 1. The molecule has 0 saturated carbocycles. The first-order chi connectivity index (χ1) is 7.11. The monoisotopic (exact) mass is 209 g/mol. The molecule has 1 aromatic rings. The van der Waals surface area contributed by atoms with Gasteiger partial charge in [-0.2, -0.15) is 0 Å². The molecule has 4 heteroatoms. The minimum atomic E-state index is -0.554. The SMILES string of the molecule is Cc1cccc(OC(=O)NC(C)CO)c1. The second-order valence-corrected chi connectivity index (χ2v) is 3.43. The fourth-order valence-corrected chi connectivity index (χ4v) is 1.06. The van der Waals surface area contributed by atoms with E-state index in [0.29, 0.717) is 5.75 Å². The van der Waals surface area contributed by atoms with Crippen molar-refractivity contribution in [2.24, 2.45) is 0 Å². The highest BCUT2D eigenvalue weighted by Crippen LogP contribution is 2.12. The standard InChI is InChI=1S/C11H15NO3/c1-8-4-3-5-10(6-8)15-11(14)12-9(2)7-13/h3-6,9,13H,7H2,1-2H3,(H,12,14). The number of rotatable bonds is 3. The maximum Gasteiger partial charge on any atom is 0.412 e.